The summed E-state index contributed by atoms with van der Waals surface area (Å²) in [7, 11) is -2.25. The van der Waals surface area contributed by atoms with Crippen molar-refractivity contribution in [2.24, 2.45) is 0 Å². The van der Waals surface area contributed by atoms with Crippen LogP contribution < -0.4 is 14.4 Å². The topological polar surface area (TPSA) is 75.7 Å². The maximum atomic E-state index is 13.2. The summed E-state index contributed by atoms with van der Waals surface area (Å²) in [5.41, 5.74) is 2.31. The lowest BCUT2D eigenvalue weighted by molar-refractivity contribution is 0.102. The van der Waals surface area contributed by atoms with Gasteiger partial charge >= 0.3 is 0 Å². The van der Waals surface area contributed by atoms with E-state index in [0.29, 0.717) is 39.2 Å². The van der Waals surface area contributed by atoms with Gasteiger partial charge in [-0.15, -0.1) is 0 Å². The van der Waals surface area contributed by atoms with E-state index in [1.54, 1.807) is 48.5 Å². The van der Waals surface area contributed by atoms with Crippen LogP contribution in [0.25, 0.3) is 0 Å². The number of hydrogen-bond donors (Lipinski definition) is 1. The molecule has 1 heterocycles. The third-order valence-corrected chi connectivity index (χ3v) is 7.76. The second-order valence-electron chi connectivity index (χ2n) is 7.45. The highest BCUT2D eigenvalue weighted by Crippen LogP contribution is 2.37. The summed E-state index contributed by atoms with van der Waals surface area (Å²) in [6, 6.07) is 15.8. The number of ether oxygens (including phenoxy) is 1. The van der Waals surface area contributed by atoms with Crippen LogP contribution in [0.15, 0.2) is 65.6 Å². The Kier molecular flexibility index (Phi) is 6.07. The van der Waals surface area contributed by atoms with Crippen LogP contribution in [0.5, 0.6) is 5.75 Å². The van der Waals surface area contributed by atoms with Gasteiger partial charge in [0.15, 0.2) is 0 Å². The molecule has 4 rings (SSSR count). The minimum absolute atomic E-state index is 0.166. The van der Waals surface area contributed by atoms with Crippen molar-refractivity contribution < 1.29 is 17.9 Å². The number of carbonyl (C=O) groups is 1. The molecule has 0 aromatic heterocycles. The number of nitrogens with one attached hydrogen (secondary N) is 1. The molecule has 1 N–H and O–H groups in total. The van der Waals surface area contributed by atoms with Crippen molar-refractivity contribution in [3.8, 4) is 5.75 Å². The average molecular weight is 491 g/mol. The van der Waals surface area contributed by atoms with Crippen molar-refractivity contribution >= 4 is 50.5 Å². The Morgan fingerprint density at radius 3 is 2.44 bits per heavy atom. The lowest BCUT2D eigenvalue weighted by Gasteiger charge is -2.24. The monoisotopic (exact) mass is 490 g/mol. The molecule has 32 heavy (non-hydrogen) atoms. The molecule has 3 aromatic rings. The lowest BCUT2D eigenvalue weighted by Crippen LogP contribution is -2.35. The number of nitrogens with zero attached hydrogens (tertiary/aromatic N) is 1. The van der Waals surface area contributed by atoms with Crippen LogP contribution in [0.1, 0.15) is 22.8 Å². The van der Waals surface area contributed by atoms with E-state index in [0.717, 1.165) is 5.56 Å². The number of benzene rings is 3. The first-order valence-corrected chi connectivity index (χ1v) is 12.0. The molecule has 0 spiro atoms. The van der Waals surface area contributed by atoms with Gasteiger partial charge in [-0.2, -0.15) is 0 Å². The number of hydrogen-bond acceptors (Lipinski definition) is 4. The van der Waals surface area contributed by atoms with E-state index in [4.69, 9.17) is 27.9 Å². The summed E-state index contributed by atoms with van der Waals surface area (Å²) in [4.78, 5) is 12.9. The Hall–Kier alpha value is -2.74. The quantitative estimate of drug-likeness (QED) is 0.519. The number of sulfonamides is 1. The highest BCUT2D eigenvalue weighted by atomic mass is 35.5. The maximum absolute atomic E-state index is 13.2. The summed E-state index contributed by atoms with van der Waals surface area (Å²) in [6.45, 7) is 1.84. The molecular weight excluding hydrogens is 471 g/mol. The van der Waals surface area contributed by atoms with Gasteiger partial charge in [0.1, 0.15) is 5.75 Å². The van der Waals surface area contributed by atoms with Crippen molar-refractivity contribution in [1.29, 1.82) is 0 Å². The summed E-state index contributed by atoms with van der Waals surface area (Å²) in [5, 5.41) is 3.65. The molecule has 0 saturated heterocycles. The zero-order chi connectivity index (χ0) is 23.0. The van der Waals surface area contributed by atoms with E-state index in [1.165, 1.54) is 23.5 Å². The minimum Gasteiger partial charge on any atom is -0.495 e. The van der Waals surface area contributed by atoms with E-state index in [2.05, 4.69) is 5.32 Å². The molecule has 0 radical (unpaired) electrons. The smallest absolute Gasteiger partial charge is 0.264 e. The van der Waals surface area contributed by atoms with Gasteiger partial charge < -0.3 is 10.1 Å². The predicted octanol–water partition coefficient (Wildman–Crippen LogP) is 5.39. The molecule has 6 nitrogen and oxygen atoms in total. The fraction of sp³-hybridized carbons (Fsp3) is 0.174. The molecule has 9 heteroatoms. The Bertz CT molecular complexity index is 1290. The molecule has 3 aromatic carbocycles. The van der Waals surface area contributed by atoms with Crippen LogP contribution in [0.3, 0.4) is 0 Å². The molecule has 0 bridgehead atoms. The average Bonchev–Trinajstić information content (AvgIpc) is 3.09. The molecule has 1 atom stereocenters. The van der Waals surface area contributed by atoms with Crippen LogP contribution in [0.2, 0.25) is 10.0 Å². The highest BCUT2D eigenvalue weighted by Gasteiger charge is 2.36. The van der Waals surface area contributed by atoms with Gasteiger partial charge in [-0.05, 0) is 79.6 Å². The van der Waals surface area contributed by atoms with Gasteiger partial charge in [0, 0.05) is 22.3 Å². The standard InChI is InChI=1S/C23H20Cl2N2O4S/c1-14-11-16-12-15(23(28)26-18-6-10-22(31-2)20(25)13-18)3-9-21(16)27(14)32(29,30)19-7-4-17(24)5-8-19/h3-10,12-14H,11H2,1-2H3,(H,26,28)/t14-/m1/s1. The van der Waals surface area contributed by atoms with E-state index in [1.807, 2.05) is 6.92 Å². The predicted molar refractivity (Wildman–Crippen MR) is 127 cm³/mol. The molecule has 1 aliphatic rings. The molecule has 166 valence electrons. The van der Waals surface area contributed by atoms with Gasteiger partial charge in [0.2, 0.25) is 0 Å². The van der Waals surface area contributed by atoms with Crippen molar-refractivity contribution in [2.75, 3.05) is 16.7 Å². The minimum atomic E-state index is -3.76. The van der Waals surface area contributed by atoms with Gasteiger partial charge in [0.25, 0.3) is 15.9 Å². The molecule has 0 fully saturated rings. The first-order chi connectivity index (χ1) is 15.2. The van der Waals surface area contributed by atoms with E-state index >= 15 is 0 Å². The number of methoxy groups -OCH3 is 1. The summed E-state index contributed by atoms with van der Waals surface area (Å²) in [6.07, 6.45) is 0.498. The molecule has 0 aliphatic carbocycles. The Morgan fingerprint density at radius 2 is 1.78 bits per heavy atom. The normalized spacial score (nSPS) is 15.4. The van der Waals surface area contributed by atoms with Crippen LogP contribution in [-0.2, 0) is 16.4 Å². The molecule has 0 unspecified atom stereocenters. The third kappa shape index (κ3) is 4.16. The van der Waals surface area contributed by atoms with Crippen LogP contribution in [0.4, 0.5) is 11.4 Å². The summed E-state index contributed by atoms with van der Waals surface area (Å²) in [5.74, 6) is 0.193. The molecule has 0 saturated carbocycles. The van der Waals surface area contributed by atoms with Crippen LogP contribution in [-0.4, -0.2) is 27.5 Å². The molecular formula is C23H20Cl2N2O4S. The second-order valence-corrected chi connectivity index (χ2v) is 10.1. The zero-order valence-electron chi connectivity index (χ0n) is 17.3. The maximum Gasteiger partial charge on any atom is 0.264 e. The largest absolute Gasteiger partial charge is 0.495 e. The van der Waals surface area contributed by atoms with Gasteiger partial charge in [-0.3, -0.25) is 9.10 Å². The fourth-order valence-corrected chi connectivity index (χ4v) is 5.85. The van der Waals surface area contributed by atoms with Gasteiger partial charge in [0.05, 0.1) is 22.7 Å². The number of carbonyl (C=O) groups excluding carboxylic acids is 1. The van der Waals surface area contributed by atoms with E-state index in [9.17, 15) is 13.2 Å². The third-order valence-electron chi connectivity index (χ3n) is 5.27. The summed E-state index contributed by atoms with van der Waals surface area (Å²) >= 11 is 12.0. The zero-order valence-corrected chi connectivity index (χ0v) is 19.6. The van der Waals surface area contributed by atoms with Crippen molar-refractivity contribution in [3.63, 3.8) is 0 Å². The first kappa shape index (κ1) is 22.5. The van der Waals surface area contributed by atoms with Gasteiger partial charge in [-0.25, -0.2) is 8.42 Å². The van der Waals surface area contributed by atoms with E-state index in [-0.39, 0.29) is 16.8 Å². The fourth-order valence-electron chi connectivity index (χ4n) is 3.78. The second kappa shape index (κ2) is 8.65. The van der Waals surface area contributed by atoms with Crippen molar-refractivity contribution in [3.05, 3.63) is 81.8 Å². The lowest BCUT2D eigenvalue weighted by atomic mass is 10.1. The Balaban J connectivity index is 1.60. The number of fused-ring (bicyclic) bond motifs is 1. The van der Waals surface area contributed by atoms with Crippen molar-refractivity contribution in [1.82, 2.24) is 0 Å². The van der Waals surface area contributed by atoms with Crippen LogP contribution >= 0.6 is 23.2 Å². The molecule has 1 amide bonds. The van der Waals surface area contributed by atoms with Crippen LogP contribution in [0, 0.1) is 0 Å². The summed E-state index contributed by atoms with van der Waals surface area (Å²) < 4.78 is 33.0. The number of amides is 1. The first-order valence-electron chi connectivity index (χ1n) is 9.78. The number of halogens is 2. The molecule has 1 aliphatic heterocycles. The SMILES string of the molecule is COc1ccc(NC(=O)c2ccc3c(c2)C[C@@H](C)N3S(=O)(=O)c2ccc(Cl)cc2)cc1Cl. The number of anilines is 2. The highest BCUT2D eigenvalue weighted by molar-refractivity contribution is 7.92. The Morgan fingerprint density at radius 1 is 1.06 bits per heavy atom. The van der Waals surface area contributed by atoms with Crippen molar-refractivity contribution in [2.45, 2.75) is 24.3 Å². The van der Waals surface area contributed by atoms with E-state index < -0.39 is 10.0 Å². The number of rotatable bonds is 5. The Labute approximate surface area is 196 Å². The van der Waals surface area contributed by atoms with Gasteiger partial charge in [-0.1, -0.05) is 23.2 Å².